The van der Waals surface area contributed by atoms with E-state index in [1.54, 1.807) is 6.20 Å². The molecule has 0 bridgehead atoms. The highest BCUT2D eigenvalue weighted by molar-refractivity contribution is 6.30. The third-order valence-electron chi connectivity index (χ3n) is 4.54. The Morgan fingerprint density at radius 1 is 1.40 bits per heavy atom. The number of hydrazine groups is 1. The van der Waals surface area contributed by atoms with Gasteiger partial charge in [-0.3, -0.25) is 20.2 Å². The standard InChI is InChI=1S/C17H16ClN5O2/c18-12-8-20-17(21-9-12)22-23-4-2-10(6-16(24)25)13-5-11-1-3-19-14(11)7-15(13)23/h1,3,5,8-10H,2,4,6-7H2,(H,24,25)(H,20,21,22). The number of aromatic nitrogens is 2. The van der Waals surface area contributed by atoms with E-state index in [1.165, 1.54) is 12.4 Å². The summed E-state index contributed by atoms with van der Waals surface area (Å²) in [6.45, 7) is 0.673. The summed E-state index contributed by atoms with van der Waals surface area (Å²) in [4.78, 5) is 24.0. The second kappa shape index (κ2) is 6.33. The van der Waals surface area contributed by atoms with Crippen molar-refractivity contribution in [3.05, 3.63) is 52.6 Å². The van der Waals surface area contributed by atoms with Crippen LogP contribution in [0.4, 0.5) is 5.95 Å². The quantitative estimate of drug-likeness (QED) is 0.861. The number of aliphatic carboxylic acids is 1. The lowest BCUT2D eigenvalue weighted by molar-refractivity contribution is -0.137. The summed E-state index contributed by atoms with van der Waals surface area (Å²) in [6.07, 6.45) is 10.4. The number of aliphatic imine (C=N–C) groups is 1. The van der Waals surface area contributed by atoms with E-state index in [1.807, 2.05) is 11.1 Å². The van der Waals surface area contributed by atoms with E-state index >= 15 is 0 Å². The summed E-state index contributed by atoms with van der Waals surface area (Å²) in [5.74, 6) is -0.326. The molecular formula is C17H16ClN5O2. The molecule has 1 atom stereocenters. The third-order valence-corrected chi connectivity index (χ3v) is 4.74. The van der Waals surface area contributed by atoms with E-state index in [0.29, 0.717) is 23.9 Å². The van der Waals surface area contributed by atoms with Gasteiger partial charge in [-0.05, 0) is 35.6 Å². The molecule has 3 aliphatic rings. The summed E-state index contributed by atoms with van der Waals surface area (Å²) in [6, 6.07) is 0. The molecular weight excluding hydrogens is 342 g/mol. The van der Waals surface area contributed by atoms with Gasteiger partial charge in [-0.15, -0.1) is 0 Å². The van der Waals surface area contributed by atoms with Crippen LogP contribution in [-0.2, 0) is 4.79 Å². The number of nitrogens with one attached hydrogen (secondary N) is 1. The number of carboxylic acids is 1. The van der Waals surface area contributed by atoms with Gasteiger partial charge >= 0.3 is 5.97 Å². The average Bonchev–Trinajstić information content (AvgIpc) is 3.04. The van der Waals surface area contributed by atoms with Gasteiger partial charge in [0.2, 0.25) is 5.95 Å². The van der Waals surface area contributed by atoms with Gasteiger partial charge in [0, 0.05) is 24.9 Å². The first kappa shape index (κ1) is 15.8. The Bertz CT molecular complexity index is 841. The average molecular weight is 358 g/mol. The monoisotopic (exact) mass is 357 g/mol. The molecule has 1 aromatic heterocycles. The zero-order valence-corrected chi connectivity index (χ0v) is 14.1. The Kier molecular flexibility index (Phi) is 4.01. The minimum atomic E-state index is -0.779. The number of hydrogen-bond acceptors (Lipinski definition) is 6. The van der Waals surface area contributed by atoms with Crippen molar-refractivity contribution in [2.45, 2.75) is 19.3 Å². The predicted octanol–water partition coefficient (Wildman–Crippen LogP) is 2.81. The Morgan fingerprint density at radius 3 is 2.96 bits per heavy atom. The first-order chi connectivity index (χ1) is 12.1. The molecule has 1 unspecified atom stereocenters. The van der Waals surface area contributed by atoms with Gasteiger partial charge in [0.1, 0.15) is 0 Å². The van der Waals surface area contributed by atoms with Crippen LogP contribution in [-0.4, -0.2) is 38.3 Å². The topological polar surface area (TPSA) is 90.7 Å². The van der Waals surface area contributed by atoms with Gasteiger partial charge in [0.05, 0.1) is 29.5 Å². The second-order valence-electron chi connectivity index (χ2n) is 6.14. The normalized spacial score (nSPS) is 21.5. The lowest BCUT2D eigenvalue weighted by Crippen LogP contribution is -2.39. The van der Waals surface area contributed by atoms with Gasteiger partial charge in [0.15, 0.2) is 0 Å². The number of carboxylic acid groups (broad SMARTS) is 1. The van der Waals surface area contributed by atoms with Gasteiger partial charge in [-0.25, -0.2) is 9.97 Å². The molecule has 4 rings (SSSR count). The first-order valence-electron chi connectivity index (χ1n) is 8.02. The molecule has 0 amide bonds. The van der Waals surface area contributed by atoms with Crippen molar-refractivity contribution >= 4 is 29.2 Å². The fraction of sp³-hybridized carbons (Fsp3) is 0.294. The zero-order chi connectivity index (χ0) is 17.4. The molecule has 0 radical (unpaired) electrons. The van der Waals surface area contributed by atoms with Crippen LogP contribution in [0, 0.1) is 5.92 Å². The predicted molar refractivity (Wildman–Crippen MR) is 94.0 cm³/mol. The zero-order valence-electron chi connectivity index (χ0n) is 13.3. The molecule has 0 saturated carbocycles. The first-order valence-corrected chi connectivity index (χ1v) is 8.40. The highest BCUT2D eigenvalue weighted by atomic mass is 35.5. The highest BCUT2D eigenvalue weighted by Crippen LogP contribution is 2.38. The number of allylic oxidation sites excluding steroid dienone is 5. The van der Waals surface area contributed by atoms with Gasteiger partial charge in [0.25, 0.3) is 0 Å². The Labute approximate surface area is 149 Å². The van der Waals surface area contributed by atoms with Crippen molar-refractivity contribution in [3.63, 3.8) is 0 Å². The van der Waals surface area contributed by atoms with Crippen LogP contribution in [0.5, 0.6) is 0 Å². The number of anilines is 1. The highest BCUT2D eigenvalue weighted by Gasteiger charge is 2.33. The van der Waals surface area contributed by atoms with Crippen LogP contribution in [0.3, 0.4) is 0 Å². The summed E-state index contributed by atoms with van der Waals surface area (Å²) in [7, 11) is 0. The number of hydrogen-bond donors (Lipinski definition) is 2. The van der Waals surface area contributed by atoms with Crippen molar-refractivity contribution in [1.29, 1.82) is 0 Å². The summed E-state index contributed by atoms with van der Waals surface area (Å²) in [5, 5.41) is 11.7. The molecule has 0 spiro atoms. The molecule has 128 valence electrons. The Morgan fingerprint density at radius 2 is 2.20 bits per heavy atom. The van der Waals surface area contributed by atoms with Crippen LogP contribution in [0.1, 0.15) is 19.3 Å². The molecule has 8 heteroatoms. The summed E-state index contributed by atoms with van der Waals surface area (Å²) in [5.41, 5.74) is 7.35. The second-order valence-corrected chi connectivity index (χ2v) is 6.58. The minimum absolute atomic E-state index is 0.000244. The molecule has 2 aliphatic heterocycles. The molecule has 25 heavy (non-hydrogen) atoms. The molecule has 7 nitrogen and oxygen atoms in total. The number of halogens is 1. The van der Waals surface area contributed by atoms with Crippen LogP contribution in [0.2, 0.25) is 5.02 Å². The van der Waals surface area contributed by atoms with E-state index in [9.17, 15) is 9.90 Å². The van der Waals surface area contributed by atoms with Crippen molar-refractivity contribution in [3.8, 4) is 0 Å². The van der Waals surface area contributed by atoms with E-state index < -0.39 is 5.97 Å². The van der Waals surface area contributed by atoms with Crippen molar-refractivity contribution in [2.75, 3.05) is 12.0 Å². The number of fused-ring (bicyclic) bond motifs is 1. The third kappa shape index (κ3) is 3.15. The number of nitrogens with zero attached hydrogens (tertiary/aromatic N) is 4. The maximum absolute atomic E-state index is 11.2. The van der Waals surface area contributed by atoms with Crippen molar-refractivity contribution in [1.82, 2.24) is 15.0 Å². The smallest absolute Gasteiger partial charge is 0.303 e. The summed E-state index contributed by atoms with van der Waals surface area (Å²) >= 11 is 5.83. The fourth-order valence-electron chi connectivity index (χ4n) is 3.39. The number of rotatable bonds is 4. The maximum Gasteiger partial charge on any atom is 0.303 e. The molecule has 0 saturated heterocycles. The minimum Gasteiger partial charge on any atom is -0.481 e. The Hall–Kier alpha value is -2.67. The van der Waals surface area contributed by atoms with E-state index in [4.69, 9.17) is 11.6 Å². The lowest BCUT2D eigenvalue weighted by atomic mass is 9.81. The molecule has 1 aliphatic carbocycles. The van der Waals surface area contributed by atoms with E-state index in [0.717, 1.165) is 29.0 Å². The van der Waals surface area contributed by atoms with E-state index in [2.05, 4.69) is 26.5 Å². The summed E-state index contributed by atoms with van der Waals surface area (Å²) < 4.78 is 0. The lowest BCUT2D eigenvalue weighted by Gasteiger charge is -2.38. The molecule has 0 fully saturated rings. The van der Waals surface area contributed by atoms with Crippen LogP contribution < -0.4 is 5.43 Å². The largest absolute Gasteiger partial charge is 0.481 e. The molecule has 2 N–H and O–H groups in total. The van der Waals surface area contributed by atoms with Gasteiger partial charge < -0.3 is 5.11 Å². The van der Waals surface area contributed by atoms with Crippen molar-refractivity contribution < 1.29 is 9.90 Å². The number of carbonyl (C=O) groups is 1. The molecule has 0 aromatic carbocycles. The van der Waals surface area contributed by atoms with Crippen molar-refractivity contribution in [2.24, 2.45) is 10.9 Å². The molecule has 1 aromatic rings. The Balaban J connectivity index is 1.66. The maximum atomic E-state index is 11.2. The van der Waals surface area contributed by atoms with E-state index in [-0.39, 0.29) is 12.3 Å². The van der Waals surface area contributed by atoms with Crippen LogP contribution >= 0.6 is 11.6 Å². The fourth-order valence-corrected chi connectivity index (χ4v) is 3.48. The van der Waals surface area contributed by atoms with Crippen LogP contribution in [0.25, 0.3) is 0 Å². The SMILES string of the molecule is O=C(O)CC1CCN(Nc2ncc(Cl)cn2)C2=C1C=C1C=CN=C1C2. The van der Waals surface area contributed by atoms with Crippen LogP contribution in [0.15, 0.2) is 52.6 Å². The van der Waals surface area contributed by atoms with Gasteiger partial charge in [-0.2, -0.15) is 0 Å². The molecule has 3 heterocycles. The van der Waals surface area contributed by atoms with Gasteiger partial charge in [-0.1, -0.05) is 11.6 Å².